The molecule has 0 amide bonds. The molecule has 7 nitrogen and oxygen atoms in total. The van der Waals surface area contributed by atoms with Crippen molar-refractivity contribution in [2.24, 2.45) is 0 Å². The molecule has 2 aliphatic carbocycles. The van der Waals surface area contributed by atoms with E-state index in [2.05, 4.69) is 166 Å². The van der Waals surface area contributed by atoms with Crippen LogP contribution in [0.3, 0.4) is 0 Å². The molecule has 0 bridgehead atoms. The fourth-order valence-corrected chi connectivity index (χ4v) is 11.6. The van der Waals surface area contributed by atoms with Gasteiger partial charge in [-0.15, -0.1) is 0 Å². The predicted octanol–water partition coefficient (Wildman–Crippen LogP) is 15.8. The van der Waals surface area contributed by atoms with Gasteiger partial charge in [-0.05, 0) is 87.0 Å². The van der Waals surface area contributed by atoms with Crippen LogP contribution in [0, 0.1) is 0 Å². The summed E-state index contributed by atoms with van der Waals surface area (Å²) in [4.78, 5) is 31.7. The zero-order valence-electron chi connectivity index (χ0n) is 40.8. The van der Waals surface area contributed by atoms with Crippen LogP contribution in [-0.2, 0) is 10.8 Å². The van der Waals surface area contributed by atoms with Crippen LogP contribution in [0.25, 0.3) is 118 Å². The zero-order valence-corrected chi connectivity index (χ0v) is 40.8. The standard InChI is InChI=1S/C66H47N7/c1-65(2)52-29-17-14-26-45(52)47-34-32-44(37-54(47)65)63-69-59(40-20-8-5-9-21-40)68-62(70-63)43-33-35-57(51(36-43)64-71-60(41-22-10-6-11-23-41)67-61(72-64)42-24-12-7-13-25-42)73-56-31-19-16-28-48(56)50-38-55-49(39-58(50)73)46-27-15-18-30-53(46)66(55,3)4/h5-39H,1-4H3. The summed E-state index contributed by atoms with van der Waals surface area (Å²) in [6, 6.07) is 74.7. The summed E-state index contributed by atoms with van der Waals surface area (Å²) in [6.07, 6.45) is 0. The van der Waals surface area contributed by atoms with E-state index < -0.39 is 0 Å². The molecule has 346 valence electrons. The molecular weight excluding hydrogens is 891 g/mol. The van der Waals surface area contributed by atoms with Gasteiger partial charge in [0.25, 0.3) is 0 Å². The molecule has 0 atom stereocenters. The normalized spacial score (nSPS) is 13.7. The molecule has 7 heteroatoms. The van der Waals surface area contributed by atoms with Crippen LogP contribution in [0.15, 0.2) is 212 Å². The first-order chi connectivity index (χ1) is 35.7. The summed E-state index contributed by atoms with van der Waals surface area (Å²) >= 11 is 0. The number of fused-ring (bicyclic) bond motifs is 9. The van der Waals surface area contributed by atoms with E-state index in [4.69, 9.17) is 29.9 Å². The highest BCUT2D eigenvalue weighted by molar-refractivity contribution is 6.12. The van der Waals surface area contributed by atoms with E-state index in [1.807, 2.05) is 78.9 Å². The van der Waals surface area contributed by atoms with Crippen molar-refractivity contribution in [1.82, 2.24) is 34.5 Å². The topological polar surface area (TPSA) is 82.3 Å². The number of para-hydroxylation sites is 1. The van der Waals surface area contributed by atoms with Gasteiger partial charge < -0.3 is 4.57 Å². The van der Waals surface area contributed by atoms with Gasteiger partial charge in [-0.25, -0.2) is 29.9 Å². The smallest absolute Gasteiger partial charge is 0.166 e. The summed E-state index contributed by atoms with van der Waals surface area (Å²) < 4.78 is 2.39. The Balaban J connectivity index is 1.04. The number of aromatic nitrogens is 7. The molecule has 3 aromatic heterocycles. The van der Waals surface area contributed by atoms with Crippen molar-refractivity contribution in [3.8, 4) is 96.3 Å². The third-order valence-corrected chi connectivity index (χ3v) is 15.3. The molecule has 14 rings (SSSR count). The summed E-state index contributed by atoms with van der Waals surface area (Å²) in [7, 11) is 0. The Labute approximate surface area is 423 Å². The fraction of sp³-hybridized carbons (Fsp3) is 0.0909. The maximum atomic E-state index is 5.38. The van der Waals surface area contributed by atoms with Gasteiger partial charge >= 0.3 is 0 Å². The number of benzene rings is 9. The van der Waals surface area contributed by atoms with Gasteiger partial charge in [0, 0.05) is 55.0 Å². The van der Waals surface area contributed by atoms with E-state index in [1.54, 1.807) is 0 Å². The maximum Gasteiger partial charge on any atom is 0.166 e. The second kappa shape index (κ2) is 16.2. The second-order valence-corrected chi connectivity index (χ2v) is 20.3. The Morgan fingerprint density at radius 2 is 0.699 bits per heavy atom. The molecule has 12 aromatic rings. The van der Waals surface area contributed by atoms with Crippen molar-refractivity contribution in [3.05, 3.63) is 235 Å². The third kappa shape index (κ3) is 6.72. The molecule has 2 aliphatic rings. The summed E-state index contributed by atoms with van der Waals surface area (Å²) in [5, 5.41) is 2.36. The fourth-order valence-electron chi connectivity index (χ4n) is 11.6. The summed E-state index contributed by atoms with van der Waals surface area (Å²) in [6.45, 7) is 9.29. The van der Waals surface area contributed by atoms with Gasteiger partial charge in [0.2, 0.25) is 0 Å². The van der Waals surface area contributed by atoms with E-state index >= 15 is 0 Å². The SMILES string of the molecule is CC1(C)c2ccccc2-c2ccc(-c3nc(-c4ccccc4)nc(-c4ccc(-n5c6ccccc6c6cc7c(cc65)-c5ccccc5C7(C)C)c(-c5nc(-c6ccccc6)nc(-c6ccccc6)n5)c4)n3)cc21. The number of hydrogen-bond acceptors (Lipinski definition) is 6. The Morgan fingerprint density at radius 1 is 0.274 bits per heavy atom. The largest absolute Gasteiger partial charge is 0.308 e. The van der Waals surface area contributed by atoms with Crippen molar-refractivity contribution in [3.63, 3.8) is 0 Å². The van der Waals surface area contributed by atoms with Crippen LogP contribution in [0.2, 0.25) is 0 Å². The van der Waals surface area contributed by atoms with Crippen molar-refractivity contribution >= 4 is 21.8 Å². The zero-order chi connectivity index (χ0) is 49.0. The van der Waals surface area contributed by atoms with Crippen molar-refractivity contribution in [2.45, 2.75) is 38.5 Å². The molecule has 0 saturated heterocycles. The van der Waals surface area contributed by atoms with Crippen molar-refractivity contribution in [2.75, 3.05) is 0 Å². The van der Waals surface area contributed by atoms with E-state index in [-0.39, 0.29) is 10.8 Å². The third-order valence-electron chi connectivity index (χ3n) is 15.3. The van der Waals surface area contributed by atoms with Crippen LogP contribution in [0.5, 0.6) is 0 Å². The highest BCUT2D eigenvalue weighted by Crippen LogP contribution is 2.52. The number of rotatable bonds is 7. The van der Waals surface area contributed by atoms with Gasteiger partial charge in [0.1, 0.15) is 0 Å². The molecule has 0 fully saturated rings. The van der Waals surface area contributed by atoms with Gasteiger partial charge in [-0.2, -0.15) is 0 Å². The lowest BCUT2D eigenvalue weighted by atomic mass is 9.82. The molecule has 9 aromatic carbocycles. The Bertz CT molecular complexity index is 4140. The Kier molecular flexibility index (Phi) is 9.45. The summed E-state index contributed by atoms with van der Waals surface area (Å²) in [5.41, 5.74) is 18.2. The summed E-state index contributed by atoms with van der Waals surface area (Å²) in [5.74, 6) is 3.42. The van der Waals surface area contributed by atoms with Gasteiger partial charge in [-0.3, -0.25) is 0 Å². The molecular formula is C66H47N7. The van der Waals surface area contributed by atoms with Crippen molar-refractivity contribution in [1.29, 1.82) is 0 Å². The average molecular weight is 938 g/mol. The first-order valence-electron chi connectivity index (χ1n) is 24.9. The maximum absolute atomic E-state index is 5.38. The van der Waals surface area contributed by atoms with Crippen molar-refractivity contribution < 1.29 is 0 Å². The quantitative estimate of drug-likeness (QED) is 0.158. The number of hydrogen-bond donors (Lipinski definition) is 0. The van der Waals surface area contributed by atoms with Crippen LogP contribution in [-0.4, -0.2) is 34.5 Å². The molecule has 3 heterocycles. The van der Waals surface area contributed by atoms with E-state index in [0.717, 1.165) is 50.1 Å². The molecule has 0 unspecified atom stereocenters. The van der Waals surface area contributed by atoms with Crippen LogP contribution in [0.1, 0.15) is 49.9 Å². The van der Waals surface area contributed by atoms with Crippen LogP contribution >= 0.6 is 0 Å². The van der Waals surface area contributed by atoms with Gasteiger partial charge in [0.15, 0.2) is 34.9 Å². The van der Waals surface area contributed by atoms with Gasteiger partial charge in [0.05, 0.1) is 16.7 Å². The van der Waals surface area contributed by atoms with Crippen LogP contribution in [0.4, 0.5) is 0 Å². The van der Waals surface area contributed by atoms with E-state index in [1.165, 1.54) is 55.3 Å². The lowest BCUT2D eigenvalue weighted by Crippen LogP contribution is -2.15. The average Bonchev–Trinajstić information content (AvgIpc) is 3.99. The first-order valence-corrected chi connectivity index (χ1v) is 24.9. The van der Waals surface area contributed by atoms with E-state index in [0.29, 0.717) is 34.9 Å². The Hall–Kier alpha value is -9.20. The minimum Gasteiger partial charge on any atom is -0.308 e. The lowest BCUT2D eigenvalue weighted by molar-refractivity contribution is 0.660. The molecule has 0 saturated carbocycles. The molecule has 0 aliphatic heterocycles. The minimum atomic E-state index is -0.195. The molecule has 0 spiro atoms. The highest BCUT2D eigenvalue weighted by Gasteiger charge is 2.37. The molecule has 0 N–H and O–H groups in total. The molecule has 0 radical (unpaired) electrons. The predicted molar refractivity (Wildman–Crippen MR) is 295 cm³/mol. The minimum absolute atomic E-state index is 0.161. The highest BCUT2D eigenvalue weighted by atomic mass is 15.1. The second-order valence-electron chi connectivity index (χ2n) is 20.3. The van der Waals surface area contributed by atoms with Crippen LogP contribution < -0.4 is 0 Å². The number of nitrogens with zero attached hydrogens (tertiary/aromatic N) is 7. The molecule has 73 heavy (non-hydrogen) atoms. The Morgan fingerprint density at radius 3 is 1.27 bits per heavy atom. The monoisotopic (exact) mass is 937 g/mol. The first kappa shape index (κ1) is 42.7. The van der Waals surface area contributed by atoms with Gasteiger partial charge in [-0.1, -0.05) is 198 Å². The lowest BCUT2D eigenvalue weighted by Gasteiger charge is -2.21. The van der Waals surface area contributed by atoms with E-state index in [9.17, 15) is 0 Å².